The molecule has 1 atom stereocenters. The van der Waals surface area contributed by atoms with Crippen LogP contribution < -0.4 is 5.73 Å². The highest BCUT2D eigenvalue weighted by Gasteiger charge is 2.07. The second-order valence-corrected chi connectivity index (χ2v) is 4.22. The first kappa shape index (κ1) is 10.9. The highest BCUT2D eigenvalue weighted by molar-refractivity contribution is 5.75. The van der Waals surface area contributed by atoms with Crippen LogP contribution in [-0.4, -0.2) is 20.0 Å². The van der Waals surface area contributed by atoms with Crippen molar-refractivity contribution in [3.63, 3.8) is 0 Å². The molecule has 0 saturated heterocycles. The first-order valence-corrected chi connectivity index (χ1v) is 5.78. The third-order valence-electron chi connectivity index (χ3n) is 2.83. The standard InChI is InChI=1S/C13H13N5/c1-9(14)11-7-6-10(8-15-11)18-13-5-3-2-4-12(13)16-17-18/h2-9H,14H2,1H3. The molecule has 3 aromatic rings. The van der Waals surface area contributed by atoms with E-state index >= 15 is 0 Å². The van der Waals surface area contributed by atoms with E-state index < -0.39 is 0 Å². The van der Waals surface area contributed by atoms with Crippen LogP contribution in [0.3, 0.4) is 0 Å². The van der Waals surface area contributed by atoms with Crippen molar-refractivity contribution in [1.82, 2.24) is 20.0 Å². The predicted molar refractivity (Wildman–Crippen MR) is 69.3 cm³/mol. The number of fused-ring (bicyclic) bond motifs is 1. The van der Waals surface area contributed by atoms with Crippen molar-refractivity contribution in [1.29, 1.82) is 0 Å². The van der Waals surface area contributed by atoms with Gasteiger partial charge in [0.05, 0.1) is 23.1 Å². The zero-order valence-electron chi connectivity index (χ0n) is 9.99. The van der Waals surface area contributed by atoms with Gasteiger partial charge in [-0.3, -0.25) is 4.98 Å². The predicted octanol–water partition coefficient (Wildman–Crippen LogP) is 1.84. The maximum absolute atomic E-state index is 5.78. The molecular weight excluding hydrogens is 226 g/mol. The molecule has 1 unspecified atom stereocenters. The quantitative estimate of drug-likeness (QED) is 0.740. The number of hydrogen-bond donors (Lipinski definition) is 1. The van der Waals surface area contributed by atoms with Crippen molar-refractivity contribution < 1.29 is 0 Å². The van der Waals surface area contributed by atoms with E-state index in [1.54, 1.807) is 10.9 Å². The molecular formula is C13H13N5. The summed E-state index contributed by atoms with van der Waals surface area (Å²) in [6.45, 7) is 1.91. The molecule has 0 aliphatic heterocycles. The third-order valence-corrected chi connectivity index (χ3v) is 2.83. The molecule has 0 amide bonds. The van der Waals surface area contributed by atoms with Crippen molar-refractivity contribution in [3.8, 4) is 5.69 Å². The van der Waals surface area contributed by atoms with Gasteiger partial charge in [0.15, 0.2) is 0 Å². The zero-order valence-corrected chi connectivity index (χ0v) is 9.99. The van der Waals surface area contributed by atoms with Crippen LogP contribution in [0.2, 0.25) is 0 Å². The van der Waals surface area contributed by atoms with E-state index in [0.717, 1.165) is 22.4 Å². The summed E-state index contributed by atoms with van der Waals surface area (Å²) >= 11 is 0. The van der Waals surface area contributed by atoms with Gasteiger partial charge in [-0.1, -0.05) is 17.3 Å². The van der Waals surface area contributed by atoms with Gasteiger partial charge >= 0.3 is 0 Å². The number of benzene rings is 1. The molecule has 0 aliphatic rings. The van der Waals surface area contributed by atoms with Gasteiger partial charge in [0, 0.05) is 6.04 Å². The minimum absolute atomic E-state index is 0.0634. The van der Waals surface area contributed by atoms with Crippen molar-refractivity contribution in [3.05, 3.63) is 48.3 Å². The molecule has 5 heteroatoms. The minimum Gasteiger partial charge on any atom is -0.323 e. The van der Waals surface area contributed by atoms with E-state index in [1.165, 1.54) is 0 Å². The van der Waals surface area contributed by atoms with Crippen LogP contribution in [0.25, 0.3) is 16.7 Å². The Morgan fingerprint density at radius 1 is 1.17 bits per heavy atom. The molecule has 2 heterocycles. The number of nitrogens with two attached hydrogens (primary N) is 1. The molecule has 0 spiro atoms. The molecule has 90 valence electrons. The van der Waals surface area contributed by atoms with Crippen LogP contribution in [0.1, 0.15) is 18.7 Å². The van der Waals surface area contributed by atoms with Gasteiger partial charge < -0.3 is 5.73 Å². The highest BCUT2D eigenvalue weighted by Crippen LogP contribution is 2.16. The monoisotopic (exact) mass is 239 g/mol. The van der Waals surface area contributed by atoms with Gasteiger partial charge in [0.25, 0.3) is 0 Å². The molecule has 18 heavy (non-hydrogen) atoms. The topological polar surface area (TPSA) is 69.6 Å². The summed E-state index contributed by atoms with van der Waals surface area (Å²) in [5.41, 5.74) is 9.36. The summed E-state index contributed by atoms with van der Waals surface area (Å²) in [5, 5.41) is 8.25. The van der Waals surface area contributed by atoms with E-state index in [9.17, 15) is 0 Å². The average Bonchev–Trinajstić information content (AvgIpc) is 2.82. The van der Waals surface area contributed by atoms with Gasteiger partial charge in [-0.05, 0) is 31.2 Å². The van der Waals surface area contributed by atoms with Crippen LogP contribution in [0.4, 0.5) is 0 Å². The third kappa shape index (κ3) is 1.74. The fourth-order valence-corrected chi connectivity index (χ4v) is 1.85. The SMILES string of the molecule is CC(N)c1ccc(-n2nnc3ccccc32)cn1. The largest absolute Gasteiger partial charge is 0.323 e. The molecule has 0 fully saturated rings. The van der Waals surface area contributed by atoms with Gasteiger partial charge in [-0.15, -0.1) is 5.10 Å². The van der Waals surface area contributed by atoms with Crippen molar-refractivity contribution in [2.45, 2.75) is 13.0 Å². The summed E-state index contributed by atoms with van der Waals surface area (Å²) in [7, 11) is 0. The van der Waals surface area contributed by atoms with Crippen LogP contribution in [0.15, 0.2) is 42.6 Å². The Kier molecular flexibility index (Phi) is 2.53. The fourth-order valence-electron chi connectivity index (χ4n) is 1.85. The summed E-state index contributed by atoms with van der Waals surface area (Å²) in [6.07, 6.45) is 1.76. The lowest BCUT2D eigenvalue weighted by molar-refractivity contribution is 0.771. The molecule has 0 radical (unpaired) electrons. The van der Waals surface area contributed by atoms with Gasteiger partial charge in [0.1, 0.15) is 5.52 Å². The Morgan fingerprint density at radius 2 is 2.00 bits per heavy atom. The van der Waals surface area contributed by atoms with Crippen molar-refractivity contribution in [2.24, 2.45) is 5.73 Å². The number of hydrogen-bond acceptors (Lipinski definition) is 4. The van der Waals surface area contributed by atoms with E-state index in [4.69, 9.17) is 5.73 Å². The van der Waals surface area contributed by atoms with E-state index in [1.807, 2.05) is 43.3 Å². The van der Waals surface area contributed by atoms with Gasteiger partial charge in [0.2, 0.25) is 0 Å². The zero-order chi connectivity index (χ0) is 12.5. The highest BCUT2D eigenvalue weighted by atomic mass is 15.4. The molecule has 0 saturated carbocycles. The Balaban J connectivity index is 2.09. The second-order valence-electron chi connectivity index (χ2n) is 4.22. The number of nitrogens with zero attached hydrogens (tertiary/aromatic N) is 4. The number of rotatable bonds is 2. The van der Waals surface area contributed by atoms with E-state index in [-0.39, 0.29) is 6.04 Å². The fraction of sp³-hybridized carbons (Fsp3) is 0.154. The Bertz CT molecular complexity index is 669. The van der Waals surface area contributed by atoms with E-state index in [0.29, 0.717) is 0 Å². The Labute approximate surface area is 104 Å². The lowest BCUT2D eigenvalue weighted by atomic mass is 10.2. The Morgan fingerprint density at radius 3 is 2.72 bits per heavy atom. The Hall–Kier alpha value is -2.27. The number of pyridine rings is 1. The molecule has 3 rings (SSSR count). The van der Waals surface area contributed by atoms with Crippen LogP contribution in [0.5, 0.6) is 0 Å². The maximum Gasteiger partial charge on any atom is 0.113 e. The smallest absolute Gasteiger partial charge is 0.113 e. The summed E-state index contributed by atoms with van der Waals surface area (Å²) in [6, 6.07) is 11.6. The number of para-hydroxylation sites is 1. The lowest BCUT2D eigenvalue weighted by Crippen LogP contribution is -2.07. The van der Waals surface area contributed by atoms with Crippen LogP contribution in [-0.2, 0) is 0 Å². The summed E-state index contributed by atoms with van der Waals surface area (Å²) in [4.78, 5) is 4.33. The first-order valence-electron chi connectivity index (χ1n) is 5.78. The molecule has 2 aromatic heterocycles. The molecule has 0 bridgehead atoms. The molecule has 2 N–H and O–H groups in total. The minimum atomic E-state index is -0.0634. The lowest BCUT2D eigenvalue weighted by Gasteiger charge is -2.06. The maximum atomic E-state index is 5.78. The average molecular weight is 239 g/mol. The number of aromatic nitrogens is 4. The summed E-state index contributed by atoms with van der Waals surface area (Å²) < 4.78 is 1.77. The van der Waals surface area contributed by atoms with Crippen molar-refractivity contribution >= 4 is 11.0 Å². The first-order chi connectivity index (χ1) is 8.75. The van der Waals surface area contributed by atoms with Gasteiger partial charge in [-0.2, -0.15) is 0 Å². The molecule has 1 aromatic carbocycles. The normalized spacial score (nSPS) is 12.8. The van der Waals surface area contributed by atoms with E-state index in [2.05, 4.69) is 15.3 Å². The van der Waals surface area contributed by atoms with Gasteiger partial charge in [-0.25, -0.2) is 4.68 Å². The molecule has 5 nitrogen and oxygen atoms in total. The molecule has 0 aliphatic carbocycles. The summed E-state index contributed by atoms with van der Waals surface area (Å²) in [5.74, 6) is 0. The second kappa shape index (κ2) is 4.19. The van der Waals surface area contributed by atoms with Crippen LogP contribution in [0, 0.1) is 0 Å². The van der Waals surface area contributed by atoms with Crippen molar-refractivity contribution in [2.75, 3.05) is 0 Å². The van der Waals surface area contributed by atoms with Crippen LogP contribution >= 0.6 is 0 Å².